The number of hydrogen-bond donors (Lipinski definition) is 1. The number of rotatable bonds is 7. The van der Waals surface area contributed by atoms with E-state index in [9.17, 15) is 4.79 Å². The molecule has 0 radical (unpaired) electrons. The molecule has 1 aromatic carbocycles. The number of likely N-dealkylation sites (N-methyl/N-ethyl adjacent to an activating group) is 1. The smallest absolute Gasteiger partial charge is 0.242 e. The van der Waals surface area contributed by atoms with Gasteiger partial charge in [0.1, 0.15) is 12.4 Å². The molecule has 0 aliphatic carbocycles. The van der Waals surface area contributed by atoms with Crippen molar-refractivity contribution in [3.63, 3.8) is 0 Å². The van der Waals surface area contributed by atoms with E-state index in [2.05, 4.69) is 0 Å². The Bertz CT molecular complexity index is 444. The molecule has 0 spiro atoms. The molecule has 1 aromatic rings. The highest BCUT2D eigenvalue weighted by Crippen LogP contribution is 2.16. The SMILES string of the molecule is CCCC(C)(N)C(=O)N(C)CCOc1ccccc1C. The van der Waals surface area contributed by atoms with Crippen LogP contribution in [0.3, 0.4) is 0 Å². The van der Waals surface area contributed by atoms with Crippen molar-refractivity contribution < 1.29 is 9.53 Å². The maximum absolute atomic E-state index is 12.2. The Hall–Kier alpha value is -1.55. The summed E-state index contributed by atoms with van der Waals surface area (Å²) in [5.74, 6) is 0.824. The van der Waals surface area contributed by atoms with Gasteiger partial charge in [-0.15, -0.1) is 0 Å². The number of aryl methyl sites for hydroxylation is 1. The molecular weight excluding hydrogens is 252 g/mol. The van der Waals surface area contributed by atoms with Crippen molar-refractivity contribution in [1.29, 1.82) is 0 Å². The highest BCUT2D eigenvalue weighted by atomic mass is 16.5. The van der Waals surface area contributed by atoms with E-state index in [-0.39, 0.29) is 5.91 Å². The van der Waals surface area contributed by atoms with Crippen LogP contribution in [0.2, 0.25) is 0 Å². The van der Waals surface area contributed by atoms with Gasteiger partial charge < -0.3 is 15.4 Å². The molecule has 0 aliphatic rings. The molecule has 112 valence electrons. The van der Waals surface area contributed by atoms with Crippen LogP contribution < -0.4 is 10.5 Å². The fourth-order valence-electron chi connectivity index (χ4n) is 2.17. The highest BCUT2D eigenvalue weighted by molar-refractivity contribution is 5.85. The number of nitrogens with zero attached hydrogens (tertiary/aromatic N) is 1. The van der Waals surface area contributed by atoms with Crippen LogP contribution in [0.4, 0.5) is 0 Å². The number of benzene rings is 1. The molecule has 4 heteroatoms. The van der Waals surface area contributed by atoms with Crippen LogP contribution in [0.25, 0.3) is 0 Å². The van der Waals surface area contributed by atoms with Gasteiger partial charge in [0.2, 0.25) is 5.91 Å². The monoisotopic (exact) mass is 278 g/mol. The Kier molecular flexibility index (Phi) is 6.02. The zero-order valence-corrected chi connectivity index (χ0v) is 13.0. The standard InChI is InChI=1S/C16H26N2O2/c1-5-10-16(3,17)15(19)18(4)11-12-20-14-9-7-6-8-13(14)2/h6-9H,5,10-12,17H2,1-4H3. The first-order valence-electron chi connectivity index (χ1n) is 7.11. The fraction of sp³-hybridized carbons (Fsp3) is 0.562. The number of amides is 1. The van der Waals surface area contributed by atoms with Crippen molar-refractivity contribution in [3.05, 3.63) is 29.8 Å². The maximum Gasteiger partial charge on any atom is 0.242 e. The molecule has 1 amide bonds. The first-order chi connectivity index (χ1) is 9.38. The number of nitrogens with two attached hydrogens (primary N) is 1. The van der Waals surface area contributed by atoms with Crippen molar-refractivity contribution in [2.24, 2.45) is 5.73 Å². The second kappa shape index (κ2) is 7.29. The van der Waals surface area contributed by atoms with Crippen LogP contribution in [0.1, 0.15) is 32.3 Å². The quantitative estimate of drug-likeness (QED) is 0.833. The Morgan fingerprint density at radius 3 is 2.65 bits per heavy atom. The van der Waals surface area contributed by atoms with Crippen molar-refractivity contribution in [2.45, 2.75) is 39.2 Å². The van der Waals surface area contributed by atoms with Gasteiger partial charge in [-0.05, 0) is 31.9 Å². The van der Waals surface area contributed by atoms with E-state index in [1.165, 1.54) is 0 Å². The number of carbonyl (C=O) groups is 1. The third-order valence-electron chi connectivity index (χ3n) is 3.38. The van der Waals surface area contributed by atoms with Gasteiger partial charge in [-0.2, -0.15) is 0 Å². The molecule has 4 nitrogen and oxygen atoms in total. The zero-order valence-electron chi connectivity index (χ0n) is 13.0. The lowest BCUT2D eigenvalue weighted by Gasteiger charge is -2.29. The van der Waals surface area contributed by atoms with E-state index in [1.54, 1.807) is 18.9 Å². The number of ether oxygens (including phenoxy) is 1. The van der Waals surface area contributed by atoms with Crippen molar-refractivity contribution in [3.8, 4) is 5.75 Å². The van der Waals surface area contributed by atoms with E-state index in [1.807, 2.05) is 38.1 Å². The molecule has 0 saturated heterocycles. The van der Waals surface area contributed by atoms with Gasteiger partial charge in [-0.1, -0.05) is 31.5 Å². The van der Waals surface area contributed by atoms with Gasteiger partial charge >= 0.3 is 0 Å². The molecular formula is C16H26N2O2. The van der Waals surface area contributed by atoms with E-state index >= 15 is 0 Å². The Labute approximate surface area is 121 Å². The molecule has 0 fully saturated rings. The van der Waals surface area contributed by atoms with Gasteiger partial charge in [0, 0.05) is 7.05 Å². The second-order valence-electron chi connectivity index (χ2n) is 5.51. The largest absolute Gasteiger partial charge is 0.491 e. The minimum absolute atomic E-state index is 0.0345. The van der Waals surface area contributed by atoms with Gasteiger partial charge in [-0.25, -0.2) is 0 Å². The Balaban J connectivity index is 2.46. The van der Waals surface area contributed by atoms with Crippen LogP contribution in [-0.2, 0) is 4.79 Å². The Morgan fingerprint density at radius 2 is 2.05 bits per heavy atom. The van der Waals surface area contributed by atoms with Crippen molar-refractivity contribution in [1.82, 2.24) is 4.90 Å². The summed E-state index contributed by atoms with van der Waals surface area (Å²) in [5.41, 5.74) is 6.35. The lowest BCUT2D eigenvalue weighted by atomic mass is 9.96. The predicted octanol–water partition coefficient (Wildman–Crippen LogP) is 2.35. The van der Waals surface area contributed by atoms with Crippen molar-refractivity contribution in [2.75, 3.05) is 20.2 Å². The molecule has 0 saturated carbocycles. The number of carbonyl (C=O) groups excluding carboxylic acids is 1. The molecule has 1 rings (SSSR count). The van der Waals surface area contributed by atoms with Crippen LogP contribution in [0.15, 0.2) is 24.3 Å². The minimum Gasteiger partial charge on any atom is -0.491 e. The molecule has 0 heterocycles. The van der Waals surface area contributed by atoms with E-state index in [0.717, 1.165) is 17.7 Å². The molecule has 20 heavy (non-hydrogen) atoms. The minimum atomic E-state index is -0.786. The summed E-state index contributed by atoms with van der Waals surface area (Å²) in [6.45, 7) is 6.82. The molecule has 1 atom stereocenters. The summed E-state index contributed by atoms with van der Waals surface area (Å²) < 4.78 is 5.70. The third kappa shape index (κ3) is 4.53. The lowest BCUT2D eigenvalue weighted by Crippen LogP contribution is -2.52. The van der Waals surface area contributed by atoms with Crippen LogP contribution in [0, 0.1) is 6.92 Å². The summed E-state index contributed by atoms with van der Waals surface area (Å²) in [6.07, 6.45) is 1.58. The molecule has 0 aromatic heterocycles. The summed E-state index contributed by atoms with van der Waals surface area (Å²) in [5, 5.41) is 0. The normalized spacial score (nSPS) is 13.7. The maximum atomic E-state index is 12.2. The number of hydrogen-bond acceptors (Lipinski definition) is 3. The van der Waals surface area contributed by atoms with Crippen molar-refractivity contribution >= 4 is 5.91 Å². The number of para-hydroxylation sites is 1. The van der Waals surface area contributed by atoms with Crippen LogP contribution in [0.5, 0.6) is 5.75 Å². The van der Waals surface area contributed by atoms with Gasteiger partial charge in [-0.3, -0.25) is 4.79 Å². The first kappa shape index (κ1) is 16.5. The summed E-state index contributed by atoms with van der Waals surface area (Å²) >= 11 is 0. The molecule has 0 bridgehead atoms. The third-order valence-corrected chi connectivity index (χ3v) is 3.38. The van der Waals surface area contributed by atoms with Gasteiger partial charge in [0.05, 0.1) is 12.1 Å². The zero-order chi connectivity index (χ0) is 15.2. The van der Waals surface area contributed by atoms with Gasteiger partial charge in [0.25, 0.3) is 0 Å². The van der Waals surface area contributed by atoms with E-state index in [4.69, 9.17) is 10.5 Å². The summed E-state index contributed by atoms with van der Waals surface area (Å²) in [4.78, 5) is 13.9. The average Bonchev–Trinajstić information content (AvgIpc) is 2.40. The second-order valence-corrected chi connectivity index (χ2v) is 5.51. The van der Waals surface area contributed by atoms with Crippen LogP contribution >= 0.6 is 0 Å². The fourth-order valence-corrected chi connectivity index (χ4v) is 2.17. The van der Waals surface area contributed by atoms with E-state index < -0.39 is 5.54 Å². The highest BCUT2D eigenvalue weighted by Gasteiger charge is 2.29. The molecule has 2 N–H and O–H groups in total. The Morgan fingerprint density at radius 1 is 1.40 bits per heavy atom. The lowest BCUT2D eigenvalue weighted by molar-refractivity contribution is -0.135. The van der Waals surface area contributed by atoms with Gasteiger partial charge in [0.15, 0.2) is 0 Å². The molecule has 0 aliphatic heterocycles. The first-order valence-corrected chi connectivity index (χ1v) is 7.11. The topological polar surface area (TPSA) is 55.6 Å². The predicted molar refractivity (Wildman–Crippen MR) is 81.8 cm³/mol. The van der Waals surface area contributed by atoms with E-state index in [0.29, 0.717) is 19.6 Å². The average molecular weight is 278 g/mol. The van der Waals surface area contributed by atoms with Crippen LogP contribution in [-0.4, -0.2) is 36.5 Å². The summed E-state index contributed by atoms with van der Waals surface area (Å²) in [7, 11) is 1.77. The summed E-state index contributed by atoms with van der Waals surface area (Å²) in [6, 6.07) is 7.85. The molecule has 1 unspecified atom stereocenters.